The highest BCUT2D eigenvalue weighted by Gasteiger charge is 2.22. The van der Waals surface area contributed by atoms with Crippen molar-refractivity contribution in [3.05, 3.63) is 11.3 Å². The lowest BCUT2D eigenvalue weighted by Crippen LogP contribution is -2.48. The molecule has 1 amide bonds. The summed E-state index contributed by atoms with van der Waals surface area (Å²) in [5, 5.41) is 14.1. The van der Waals surface area contributed by atoms with Crippen LogP contribution in [-0.4, -0.2) is 23.1 Å². The Bertz CT molecular complexity index is 283. The number of hydrogen-bond acceptors (Lipinski definition) is 3. The van der Waals surface area contributed by atoms with Crippen LogP contribution >= 0.6 is 0 Å². The highest BCUT2D eigenvalue weighted by atomic mass is 16.4. The van der Waals surface area contributed by atoms with Gasteiger partial charge in [-0.3, -0.25) is 9.59 Å². The number of hydrogen-bond donors (Lipinski definition) is 3. The third kappa shape index (κ3) is 2.21. The number of carbonyl (C=O) groups is 2. The molecule has 3 N–H and O–H groups in total. The number of aliphatic carboxylic acids is 1. The van der Waals surface area contributed by atoms with Gasteiger partial charge in [0.05, 0.1) is 12.6 Å². The van der Waals surface area contributed by atoms with Crippen molar-refractivity contribution in [2.24, 2.45) is 0 Å². The van der Waals surface area contributed by atoms with Gasteiger partial charge in [0, 0.05) is 11.3 Å². The topological polar surface area (TPSA) is 78.4 Å². The number of nitrogens with one attached hydrogen (secondary N) is 2. The van der Waals surface area contributed by atoms with E-state index in [1.165, 1.54) is 0 Å². The molecule has 5 heteroatoms. The van der Waals surface area contributed by atoms with Gasteiger partial charge in [-0.25, -0.2) is 0 Å². The van der Waals surface area contributed by atoms with Crippen LogP contribution in [0.4, 0.5) is 0 Å². The Hall–Kier alpha value is -1.52. The first kappa shape index (κ1) is 9.57. The van der Waals surface area contributed by atoms with Crippen molar-refractivity contribution in [2.45, 2.75) is 26.4 Å². The normalized spacial score (nSPS) is 22.3. The number of amides is 1. The van der Waals surface area contributed by atoms with Crippen molar-refractivity contribution in [1.29, 1.82) is 0 Å². The maximum atomic E-state index is 11.3. The molecule has 1 heterocycles. The van der Waals surface area contributed by atoms with Crippen LogP contribution in [0.25, 0.3) is 0 Å². The molecule has 0 spiro atoms. The van der Waals surface area contributed by atoms with Gasteiger partial charge >= 0.3 is 5.97 Å². The van der Waals surface area contributed by atoms with Gasteiger partial charge in [-0.15, -0.1) is 0 Å². The first-order valence-electron chi connectivity index (χ1n) is 3.99. The van der Waals surface area contributed by atoms with E-state index in [0.29, 0.717) is 11.3 Å². The second-order valence-electron chi connectivity index (χ2n) is 3.01. The third-order valence-electron chi connectivity index (χ3n) is 1.84. The molecule has 13 heavy (non-hydrogen) atoms. The SMILES string of the molecule is CC1=C(CC(=O)O)C(=O)N[C@H](C)N1. The predicted molar refractivity (Wildman–Crippen MR) is 45.7 cm³/mol. The van der Waals surface area contributed by atoms with E-state index in [1.807, 2.05) is 0 Å². The minimum Gasteiger partial charge on any atom is -0.481 e. The van der Waals surface area contributed by atoms with Gasteiger partial charge in [-0.2, -0.15) is 0 Å². The van der Waals surface area contributed by atoms with E-state index >= 15 is 0 Å². The highest BCUT2D eigenvalue weighted by Crippen LogP contribution is 2.11. The molecule has 1 rings (SSSR count). The molecular weight excluding hydrogens is 172 g/mol. The van der Waals surface area contributed by atoms with E-state index in [2.05, 4.69) is 10.6 Å². The van der Waals surface area contributed by atoms with E-state index < -0.39 is 5.97 Å². The summed E-state index contributed by atoms with van der Waals surface area (Å²) < 4.78 is 0. The van der Waals surface area contributed by atoms with Crippen LogP contribution in [0.5, 0.6) is 0 Å². The molecule has 1 atom stereocenters. The second kappa shape index (κ2) is 3.47. The summed E-state index contributed by atoms with van der Waals surface area (Å²) in [7, 11) is 0. The molecule has 5 nitrogen and oxygen atoms in total. The molecule has 0 aromatic rings. The summed E-state index contributed by atoms with van der Waals surface area (Å²) in [4.78, 5) is 21.7. The lowest BCUT2D eigenvalue weighted by Gasteiger charge is -2.25. The molecule has 0 unspecified atom stereocenters. The average Bonchev–Trinajstić information content (AvgIpc) is 1.96. The maximum Gasteiger partial charge on any atom is 0.308 e. The van der Waals surface area contributed by atoms with Crippen LogP contribution in [0, 0.1) is 0 Å². The number of carboxylic acids is 1. The van der Waals surface area contributed by atoms with Gasteiger partial charge in [0.15, 0.2) is 0 Å². The van der Waals surface area contributed by atoms with Crippen molar-refractivity contribution in [1.82, 2.24) is 10.6 Å². The van der Waals surface area contributed by atoms with Gasteiger partial charge in [-0.1, -0.05) is 0 Å². The average molecular weight is 184 g/mol. The molecule has 1 aliphatic heterocycles. The summed E-state index contributed by atoms with van der Waals surface area (Å²) in [6.07, 6.45) is -0.373. The Morgan fingerprint density at radius 2 is 2.15 bits per heavy atom. The highest BCUT2D eigenvalue weighted by molar-refractivity contribution is 5.98. The zero-order valence-corrected chi connectivity index (χ0v) is 7.55. The second-order valence-corrected chi connectivity index (χ2v) is 3.01. The van der Waals surface area contributed by atoms with Crippen molar-refractivity contribution in [3.63, 3.8) is 0 Å². The summed E-state index contributed by atoms with van der Waals surface area (Å²) in [5.74, 6) is -1.30. The Balaban J connectivity index is 2.85. The largest absolute Gasteiger partial charge is 0.481 e. The van der Waals surface area contributed by atoms with E-state index in [4.69, 9.17) is 5.11 Å². The van der Waals surface area contributed by atoms with Gasteiger partial charge in [-0.05, 0) is 13.8 Å². The first-order chi connectivity index (χ1) is 6.00. The van der Waals surface area contributed by atoms with Crippen molar-refractivity contribution in [2.75, 3.05) is 0 Å². The standard InChI is InChI=1S/C8H12N2O3/c1-4-6(3-7(11)12)8(13)10-5(2)9-4/h5,9H,3H2,1-2H3,(H,10,13)(H,11,12)/t5-/m1/s1. The first-order valence-corrected chi connectivity index (χ1v) is 3.99. The monoisotopic (exact) mass is 184 g/mol. The summed E-state index contributed by atoms with van der Waals surface area (Å²) in [6, 6.07) is 0. The van der Waals surface area contributed by atoms with Crippen LogP contribution < -0.4 is 10.6 Å². The van der Waals surface area contributed by atoms with E-state index in [0.717, 1.165) is 0 Å². The fourth-order valence-electron chi connectivity index (χ4n) is 1.27. The quantitative estimate of drug-likeness (QED) is 0.555. The molecule has 0 aromatic carbocycles. The molecule has 1 aliphatic rings. The molecule has 0 aromatic heterocycles. The van der Waals surface area contributed by atoms with Crippen molar-refractivity contribution >= 4 is 11.9 Å². The van der Waals surface area contributed by atoms with E-state index in [1.54, 1.807) is 13.8 Å². The van der Waals surface area contributed by atoms with Gasteiger partial charge in [0.25, 0.3) is 5.91 Å². The molecule has 0 saturated carbocycles. The van der Waals surface area contributed by atoms with Crippen LogP contribution in [-0.2, 0) is 9.59 Å². The zero-order valence-electron chi connectivity index (χ0n) is 7.55. The summed E-state index contributed by atoms with van der Waals surface area (Å²) in [6.45, 7) is 3.49. The smallest absolute Gasteiger partial charge is 0.308 e. The minimum absolute atomic E-state index is 0.134. The van der Waals surface area contributed by atoms with Gasteiger partial charge in [0.2, 0.25) is 0 Å². The molecule has 0 fully saturated rings. The number of allylic oxidation sites excluding steroid dienone is 1. The fraction of sp³-hybridized carbons (Fsp3) is 0.500. The third-order valence-corrected chi connectivity index (χ3v) is 1.84. The number of rotatable bonds is 2. The number of carbonyl (C=O) groups excluding carboxylic acids is 1. The molecule has 0 radical (unpaired) electrons. The van der Waals surface area contributed by atoms with Crippen LogP contribution in [0.15, 0.2) is 11.3 Å². The molecule has 0 bridgehead atoms. The molecule has 0 saturated heterocycles. The lowest BCUT2D eigenvalue weighted by molar-refractivity contribution is -0.137. The summed E-state index contributed by atoms with van der Waals surface area (Å²) >= 11 is 0. The van der Waals surface area contributed by atoms with E-state index in [-0.39, 0.29) is 18.5 Å². The maximum absolute atomic E-state index is 11.3. The van der Waals surface area contributed by atoms with Gasteiger partial charge < -0.3 is 15.7 Å². The van der Waals surface area contributed by atoms with Crippen LogP contribution in [0.3, 0.4) is 0 Å². The molecule has 0 aliphatic carbocycles. The lowest BCUT2D eigenvalue weighted by atomic mass is 10.1. The Morgan fingerprint density at radius 3 is 2.62 bits per heavy atom. The molecular formula is C8H12N2O3. The van der Waals surface area contributed by atoms with Crippen molar-refractivity contribution in [3.8, 4) is 0 Å². The van der Waals surface area contributed by atoms with Crippen LogP contribution in [0.1, 0.15) is 20.3 Å². The molecule has 72 valence electrons. The Labute approximate surface area is 75.8 Å². The number of carboxylic acid groups (broad SMARTS) is 1. The van der Waals surface area contributed by atoms with E-state index in [9.17, 15) is 9.59 Å². The minimum atomic E-state index is -0.999. The van der Waals surface area contributed by atoms with Gasteiger partial charge in [0.1, 0.15) is 0 Å². The zero-order chi connectivity index (χ0) is 10.0. The van der Waals surface area contributed by atoms with Crippen LogP contribution in [0.2, 0.25) is 0 Å². The Kier molecular flexibility index (Phi) is 2.55. The van der Waals surface area contributed by atoms with Crippen molar-refractivity contribution < 1.29 is 14.7 Å². The summed E-state index contributed by atoms with van der Waals surface area (Å²) in [5.41, 5.74) is 0.934. The predicted octanol–water partition coefficient (Wildman–Crippen LogP) is -0.200. The fourth-order valence-corrected chi connectivity index (χ4v) is 1.27. The Morgan fingerprint density at radius 1 is 1.54 bits per heavy atom.